The standard InChI is InChI=1S/C16H15NO2/c17-9-3-6-13-4-2-8-16(11-13)19-12-14-5-1-7-15(18)10-14/h1-2,4-5,7-8,10-11,18H,9,12,17H2. The maximum Gasteiger partial charge on any atom is 0.121 e. The third kappa shape index (κ3) is 4.06. The van der Waals surface area contributed by atoms with Gasteiger partial charge in [-0.2, -0.15) is 0 Å². The fourth-order valence-corrected chi connectivity index (χ4v) is 1.63. The molecule has 0 saturated heterocycles. The van der Waals surface area contributed by atoms with Crippen LogP contribution in [-0.2, 0) is 6.61 Å². The minimum atomic E-state index is 0.240. The molecular weight excluding hydrogens is 238 g/mol. The fourth-order valence-electron chi connectivity index (χ4n) is 1.63. The number of ether oxygens (including phenoxy) is 1. The van der Waals surface area contributed by atoms with Crippen LogP contribution in [-0.4, -0.2) is 11.7 Å². The lowest BCUT2D eigenvalue weighted by Crippen LogP contribution is -1.95. The molecule has 0 spiro atoms. The Morgan fingerprint density at radius 2 is 1.95 bits per heavy atom. The number of rotatable bonds is 3. The molecule has 0 aromatic heterocycles. The van der Waals surface area contributed by atoms with Gasteiger partial charge in [0.05, 0.1) is 6.54 Å². The first-order valence-electron chi connectivity index (χ1n) is 5.97. The van der Waals surface area contributed by atoms with E-state index >= 15 is 0 Å². The number of benzene rings is 2. The monoisotopic (exact) mass is 253 g/mol. The highest BCUT2D eigenvalue weighted by atomic mass is 16.5. The maximum atomic E-state index is 9.37. The number of nitrogens with two attached hydrogens (primary N) is 1. The van der Waals surface area contributed by atoms with E-state index in [1.54, 1.807) is 18.2 Å². The molecule has 0 heterocycles. The van der Waals surface area contributed by atoms with Gasteiger partial charge in [0.15, 0.2) is 0 Å². The van der Waals surface area contributed by atoms with Gasteiger partial charge >= 0.3 is 0 Å². The van der Waals surface area contributed by atoms with Gasteiger partial charge in [-0.15, -0.1) is 0 Å². The van der Waals surface area contributed by atoms with Gasteiger partial charge in [0.1, 0.15) is 18.1 Å². The van der Waals surface area contributed by atoms with Crippen molar-refractivity contribution >= 4 is 0 Å². The number of hydrogen-bond acceptors (Lipinski definition) is 3. The van der Waals surface area contributed by atoms with E-state index in [-0.39, 0.29) is 5.75 Å². The van der Waals surface area contributed by atoms with Gasteiger partial charge in [-0.25, -0.2) is 0 Å². The van der Waals surface area contributed by atoms with Crippen molar-refractivity contribution in [1.82, 2.24) is 0 Å². The molecule has 0 amide bonds. The molecule has 0 aliphatic heterocycles. The molecule has 0 atom stereocenters. The Morgan fingerprint density at radius 1 is 1.11 bits per heavy atom. The van der Waals surface area contributed by atoms with Crippen LogP contribution in [0.2, 0.25) is 0 Å². The highest BCUT2D eigenvalue weighted by molar-refractivity contribution is 5.40. The molecule has 0 unspecified atom stereocenters. The van der Waals surface area contributed by atoms with E-state index in [0.717, 1.165) is 16.9 Å². The van der Waals surface area contributed by atoms with E-state index in [4.69, 9.17) is 10.5 Å². The van der Waals surface area contributed by atoms with Crippen LogP contribution in [0.4, 0.5) is 0 Å². The molecule has 2 rings (SSSR count). The molecule has 0 aliphatic rings. The molecule has 0 aliphatic carbocycles. The summed E-state index contributed by atoms with van der Waals surface area (Å²) < 4.78 is 5.66. The summed E-state index contributed by atoms with van der Waals surface area (Å²) in [5, 5.41) is 9.37. The zero-order chi connectivity index (χ0) is 13.5. The van der Waals surface area contributed by atoms with Crippen LogP contribution in [0.3, 0.4) is 0 Å². The number of phenolic OH excluding ortho intramolecular Hbond substituents is 1. The third-order valence-corrected chi connectivity index (χ3v) is 2.48. The quantitative estimate of drug-likeness (QED) is 0.825. The molecule has 0 saturated carbocycles. The lowest BCUT2D eigenvalue weighted by molar-refractivity contribution is 0.305. The number of aromatic hydroxyl groups is 1. The van der Waals surface area contributed by atoms with Crippen LogP contribution < -0.4 is 10.5 Å². The molecular formula is C16H15NO2. The second-order valence-corrected chi connectivity index (χ2v) is 3.99. The fraction of sp³-hybridized carbons (Fsp3) is 0.125. The number of hydrogen-bond donors (Lipinski definition) is 2. The minimum absolute atomic E-state index is 0.240. The molecule has 2 aromatic rings. The van der Waals surface area contributed by atoms with Gasteiger partial charge in [0.25, 0.3) is 0 Å². The van der Waals surface area contributed by atoms with Crippen molar-refractivity contribution in [1.29, 1.82) is 0 Å². The highest BCUT2D eigenvalue weighted by Gasteiger charge is 1.98. The largest absolute Gasteiger partial charge is 0.508 e. The van der Waals surface area contributed by atoms with E-state index in [0.29, 0.717) is 13.2 Å². The Bertz CT molecular complexity index is 611. The topological polar surface area (TPSA) is 55.5 Å². The molecule has 0 bridgehead atoms. The zero-order valence-electron chi connectivity index (χ0n) is 10.5. The van der Waals surface area contributed by atoms with Gasteiger partial charge in [-0.1, -0.05) is 30.0 Å². The average molecular weight is 253 g/mol. The van der Waals surface area contributed by atoms with Crippen molar-refractivity contribution in [3.8, 4) is 23.3 Å². The van der Waals surface area contributed by atoms with E-state index in [2.05, 4.69) is 11.8 Å². The zero-order valence-corrected chi connectivity index (χ0v) is 10.5. The summed E-state index contributed by atoms with van der Waals surface area (Å²) in [6.07, 6.45) is 0. The summed E-state index contributed by atoms with van der Waals surface area (Å²) >= 11 is 0. The lowest BCUT2D eigenvalue weighted by Gasteiger charge is -2.06. The smallest absolute Gasteiger partial charge is 0.121 e. The van der Waals surface area contributed by atoms with E-state index in [1.807, 2.05) is 30.3 Å². The summed E-state index contributed by atoms with van der Waals surface area (Å²) in [4.78, 5) is 0. The van der Waals surface area contributed by atoms with Crippen molar-refractivity contribution in [3.05, 3.63) is 59.7 Å². The first-order chi connectivity index (χ1) is 9.28. The van der Waals surface area contributed by atoms with E-state index < -0.39 is 0 Å². The summed E-state index contributed by atoms with van der Waals surface area (Å²) in [5.41, 5.74) is 7.12. The van der Waals surface area contributed by atoms with Crippen molar-refractivity contribution in [2.75, 3.05) is 6.54 Å². The third-order valence-electron chi connectivity index (χ3n) is 2.48. The molecule has 3 N–H and O–H groups in total. The summed E-state index contributed by atoms with van der Waals surface area (Å²) in [6, 6.07) is 14.5. The molecule has 0 fully saturated rings. The molecule has 3 nitrogen and oxygen atoms in total. The Hall–Kier alpha value is -2.44. The summed E-state index contributed by atoms with van der Waals surface area (Å²) in [7, 11) is 0. The Balaban J connectivity index is 2.03. The normalized spacial score (nSPS) is 9.53. The highest BCUT2D eigenvalue weighted by Crippen LogP contribution is 2.16. The minimum Gasteiger partial charge on any atom is -0.508 e. The summed E-state index contributed by atoms with van der Waals surface area (Å²) in [6.45, 7) is 0.747. The second kappa shape index (κ2) is 6.48. The van der Waals surface area contributed by atoms with Gasteiger partial charge in [-0.05, 0) is 35.9 Å². The molecule has 2 aromatic carbocycles. The predicted molar refractivity (Wildman–Crippen MR) is 74.8 cm³/mol. The average Bonchev–Trinajstić information content (AvgIpc) is 2.43. The molecule has 3 heteroatoms. The van der Waals surface area contributed by atoms with Crippen molar-refractivity contribution in [3.63, 3.8) is 0 Å². The number of phenols is 1. The Morgan fingerprint density at radius 3 is 2.74 bits per heavy atom. The SMILES string of the molecule is NCC#Cc1cccc(OCc2cccc(O)c2)c1. The summed E-state index contributed by atoms with van der Waals surface area (Å²) in [5.74, 6) is 6.74. The van der Waals surface area contributed by atoms with Gasteiger partial charge in [-0.3, -0.25) is 0 Å². The van der Waals surface area contributed by atoms with Crippen LogP contribution in [0.25, 0.3) is 0 Å². The van der Waals surface area contributed by atoms with Crippen molar-refractivity contribution in [2.45, 2.75) is 6.61 Å². The van der Waals surface area contributed by atoms with Crippen LogP contribution in [0.1, 0.15) is 11.1 Å². The van der Waals surface area contributed by atoms with Crippen LogP contribution >= 0.6 is 0 Å². The van der Waals surface area contributed by atoms with Gasteiger partial charge in [0, 0.05) is 5.56 Å². The first-order valence-corrected chi connectivity index (χ1v) is 5.97. The Labute approximate surface area is 112 Å². The van der Waals surface area contributed by atoms with Gasteiger partial charge in [0.2, 0.25) is 0 Å². The van der Waals surface area contributed by atoms with E-state index in [1.165, 1.54) is 0 Å². The van der Waals surface area contributed by atoms with Gasteiger partial charge < -0.3 is 15.6 Å². The Kier molecular flexibility index (Phi) is 4.44. The lowest BCUT2D eigenvalue weighted by atomic mass is 10.2. The maximum absolute atomic E-state index is 9.37. The van der Waals surface area contributed by atoms with E-state index in [9.17, 15) is 5.11 Å². The predicted octanol–water partition coefficient (Wildman–Crippen LogP) is 2.28. The van der Waals surface area contributed by atoms with Crippen molar-refractivity contribution < 1.29 is 9.84 Å². The van der Waals surface area contributed by atoms with Crippen molar-refractivity contribution in [2.24, 2.45) is 5.73 Å². The van der Waals surface area contributed by atoms with Crippen LogP contribution in [0.15, 0.2) is 48.5 Å². The molecule has 96 valence electrons. The first kappa shape index (κ1) is 13.0. The molecule has 19 heavy (non-hydrogen) atoms. The second-order valence-electron chi connectivity index (χ2n) is 3.99. The van der Waals surface area contributed by atoms with Crippen LogP contribution in [0, 0.1) is 11.8 Å². The van der Waals surface area contributed by atoms with Crippen LogP contribution in [0.5, 0.6) is 11.5 Å². The molecule has 0 radical (unpaired) electrons.